The molecule has 2 aromatic rings. The molecule has 124 valence electrons. The number of nitrogens with zero attached hydrogens (tertiary/aromatic N) is 3. The summed E-state index contributed by atoms with van der Waals surface area (Å²) < 4.78 is 45.5. The molecular weight excluding hydrogens is 319 g/mol. The van der Waals surface area contributed by atoms with Crippen LogP contribution in [0.3, 0.4) is 0 Å². The Hall–Kier alpha value is -2.75. The average Bonchev–Trinajstić information content (AvgIpc) is 3.03. The molecule has 24 heavy (non-hydrogen) atoms. The first kappa shape index (κ1) is 16.1. The minimum atomic E-state index is -4.47. The summed E-state index contributed by atoms with van der Waals surface area (Å²) in [4.78, 5) is 5.57. The molecule has 0 amide bonds. The van der Waals surface area contributed by atoms with E-state index in [2.05, 4.69) is 4.98 Å². The smallest absolute Gasteiger partial charge is 0.418 e. The van der Waals surface area contributed by atoms with E-state index in [1.807, 2.05) is 6.07 Å². The number of aromatic nitrogens is 1. The highest BCUT2D eigenvalue weighted by Crippen LogP contribution is 2.38. The largest absolute Gasteiger partial charge is 0.487 e. The number of pyridine rings is 1. The van der Waals surface area contributed by atoms with E-state index >= 15 is 0 Å². The normalized spacial score (nSPS) is 17.6. The van der Waals surface area contributed by atoms with E-state index in [1.54, 1.807) is 29.4 Å². The van der Waals surface area contributed by atoms with Gasteiger partial charge in [-0.05, 0) is 30.3 Å². The Bertz CT molecular complexity index is 756. The zero-order chi connectivity index (χ0) is 17.2. The fourth-order valence-corrected chi connectivity index (χ4v) is 2.75. The van der Waals surface area contributed by atoms with Gasteiger partial charge in [0.05, 0.1) is 35.6 Å². The second-order valence-corrected chi connectivity index (χ2v) is 5.50. The standard InChI is InChI=1S/C17H14F3N3O/c18-17(19,20)15-4-3-12(9-21)8-16(15)23-7-5-14(11-23)24-13-2-1-6-22-10-13/h1-4,6,8,10,14H,5,7,11H2. The number of nitriles is 1. The highest BCUT2D eigenvalue weighted by atomic mass is 19.4. The fourth-order valence-electron chi connectivity index (χ4n) is 2.75. The van der Waals surface area contributed by atoms with Crippen LogP contribution in [-0.4, -0.2) is 24.2 Å². The van der Waals surface area contributed by atoms with Gasteiger partial charge in [0, 0.05) is 19.2 Å². The second kappa shape index (κ2) is 6.40. The molecule has 7 heteroatoms. The SMILES string of the molecule is N#Cc1ccc(C(F)(F)F)c(N2CCC(Oc3cccnc3)C2)c1. The van der Waals surface area contributed by atoms with E-state index in [-0.39, 0.29) is 17.4 Å². The Morgan fingerprint density at radius 3 is 2.79 bits per heavy atom. The molecule has 2 heterocycles. The molecule has 0 saturated carbocycles. The molecule has 1 saturated heterocycles. The monoisotopic (exact) mass is 333 g/mol. The maximum absolute atomic E-state index is 13.2. The van der Waals surface area contributed by atoms with Crippen molar-refractivity contribution in [3.05, 3.63) is 53.9 Å². The van der Waals surface area contributed by atoms with E-state index in [1.165, 1.54) is 12.1 Å². The number of alkyl halides is 3. The molecule has 0 radical (unpaired) electrons. The topological polar surface area (TPSA) is 49.2 Å². The second-order valence-electron chi connectivity index (χ2n) is 5.50. The van der Waals surface area contributed by atoms with Crippen molar-refractivity contribution in [2.75, 3.05) is 18.0 Å². The van der Waals surface area contributed by atoms with Crippen LogP contribution in [0.15, 0.2) is 42.7 Å². The predicted octanol–water partition coefficient (Wildman–Crippen LogP) is 3.63. The molecule has 1 aliphatic rings. The minimum absolute atomic E-state index is 0.0267. The van der Waals surface area contributed by atoms with Crippen molar-refractivity contribution in [1.29, 1.82) is 5.26 Å². The lowest BCUT2D eigenvalue weighted by molar-refractivity contribution is -0.137. The molecule has 3 rings (SSSR count). The Morgan fingerprint density at radius 1 is 1.29 bits per heavy atom. The fraction of sp³-hybridized carbons (Fsp3) is 0.294. The van der Waals surface area contributed by atoms with E-state index in [4.69, 9.17) is 10.00 Å². The molecule has 1 fully saturated rings. The number of anilines is 1. The molecule has 0 aliphatic carbocycles. The Balaban J connectivity index is 1.81. The van der Waals surface area contributed by atoms with Gasteiger partial charge in [-0.3, -0.25) is 4.98 Å². The summed E-state index contributed by atoms with van der Waals surface area (Å²) in [6.45, 7) is 0.760. The highest BCUT2D eigenvalue weighted by molar-refractivity contribution is 5.59. The minimum Gasteiger partial charge on any atom is -0.487 e. The summed E-state index contributed by atoms with van der Waals surface area (Å²) in [7, 11) is 0. The zero-order valence-electron chi connectivity index (χ0n) is 12.6. The van der Waals surface area contributed by atoms with Crippen LogP contribution in [0.25, 0.3) is 0 Å². The van der Waals surface area contributed by atoms with Gasteiger partial charge in [0.2, 0.25) is 0 Å². The number of ether oxygens (including phenoxy) is 1. The molecule has 1 atom stereocenters. The van der Waals surface area contributed by atoms with E-state index in [0.717, 1.165) is 6.07 Å². The van der Waals surface area contributed by atoms with Crippen LogP contribution in [0.2, 0.25) is 0 Å². The lowest BCUT2D eigenvalue weighted by Crippen LogP contribution is -2.26. The van der Waals surface area contributed by atoms with Crippen molar-refractivity contribution in [1.82, 2.24) is 4.98 Å². The third kappa shape index (κ3) is 3.43. The Morgan fingerprint density at radius 2 is 2.12 bits per heavy atom. The van der Waals surface area contributed by atoms with Gasteiger partial charge in [0.15, 0.2) is 0 Å². The number of halogens is 3. The van der Waals surface area contributed by atoms with Crippen LogP contribution in [0, 0.1) is 11.3 Å². The average molecular weight is 333 g/mol. The number of rotatable bonds is 3. The number of benzene rings is 1. The summed E-state index contributed by atoms with van der Waals surface area (Å²) in [5, 5.41) is 8.96. The van der Waals surface area contributed by atoms with E-state index < -0.39 is 11.7 Å². The predicted molar refractivity (Wildman–Crippen MR) is 81.6 cm³/mol. The van der Waals surface area contributed by atoms with Gasteiger partial charge in [0.1, 0.15) is 11.9 Å². The maximum Gasteiger partial charge on any atom is 0.418 e. The zero-order valence-corrected chi connectivity index (χ0v) is 12.6. The summed E-state index contributed by atoms with van der Waals surface area (Å²) in [5.41, 5.74) is -0.503. The van der Waals surface area contributed by atoms with Crippen molar-refractivity contribution in [3.63, 3.8) is 0 Å². The quantitative estimate of drug-likeness (QED) is 0.861. The Kier molecular flexibility index (Phi) is 4.30. The summed E-state index contributed by atoms with van der Waals surface area (Å²) >= 11 is 0. The number of hydrogen-bond acceptors (Lipinski definition) is 4. The van der Waals surface area contributed by atoms with Crippen LogP contribution in [0.1, 0.15) is 17.5 Å². The van der Waals surface area contributed by atoms with Gasteiger partial charge in [-0.15, -0.1) is 0 Å². The van der Waals surface area contributed by atoms with Crippen LogP contribution in [-0.2, 0) is 6.18 Å². The van der Waals surface area contributed by atoms with Crippen molar-refractivity contribution < 1.29 is 17.9 Å². The molecule has 1 unspecified atom stereocenters. The first-order valence-corrected chi connectivity index (χ1v) is 7.40. The molecule has 1 aromatic heterocycles. The van der Waals surface area contributed by atoms with Gasteiger partial charge >= 0.3 is 6.18 Å². The van der Waals surface area contributed by atoms with Gasteiger partial charge in [-0.1, -0.05) is 0 Å². The van der Waals surface area contributed by atoms with E-state index in [0.29, 0.717) is 25.3 Å². The van der Waals surface area contributed by atoms with Crippen LogP contribution in [0.4, 0.5) is 18.9 Å². The third-order valence-electron chi connectivity index (χ3n) is 3.86. The van der Waals surface area contributed by atoms with E-state index in [9.17, 15) is 13.2 Å². The van der Waals surface area contributed by atoms with Crippen LogP contribution >= 0.6 is 0 Å². The van der Waals surface area contributed by atoms with Crippen LogP contribution in [0.5, 0.6) is 5.75 Å². The molecule has 0 spiro atoms. The van der Waals surface area contributed by atoms with Gasteiger partial charge in [-0.2, -0.15) is 18.4 Å². The lowest BCUT2D eigenvalue weighted by atomic mass is 10.1. The molecule has 1 aliphatic heterocycles. The highest BCUT2D eigenvalue weighted by Gasteiger charge is 2.37. The van der Waals surface area contributed by atoms with Crippen molar-refractivity contribution in [3.8, 4) is 11.8 Å². The Labute approximate surface area is 137 Å². The summed E-state index contributed by atoms with van der Waals surface area (Å²) in [5.74, 6) is 0.589. The molecule has 1 aromatic carbocycles. The van der Waals surface area contributed by atoms with Crippen molar-refractivity contribution in [2.45, 2.75) is 18.7 Å². The van der Waals surface area contributed by atoms with Crippen molar-refractivity contribution >= 4 is 5.69 Å². The van der Waals surface area contributed by atoms with Crippen molar-refractivity contribution in [2.24, 2.45) is 0 Å². The maximum atomic E-state index is 13.2. The van der Waals surface area contributed by atoms with Gasteiger partial charge in [-0.25, -0.2) is 0 Å². The third-order valence-corrected chi connectivity index (χ3v) is 3.86. The number of hydrogen-bond donors (Lipinski definition) is 0. The molecular formula is C17H14F3N3O. The first-order valence-electron chi connectivity index (χ1n) is 7.40. The molecule has 0 bridgehead atoms. The summed E-state index contributed by atoms with van der Waals surface area (Å²) in [6, 6.07) is 8.82. The van der Waals surface area contributed by atoms with Crippen LogP contribution < -0.4 is 9.64 Å². The molecule has 4 nitrogen and oxygen atoms in total. The summed E-state index contributed by atoms with van der Waals surface area (Å²) in [6.07, 6.45) is -0.896. The molecule has 0 N–H and O–H groups in total. The first-order chi connectivity index (χ1) is 11.5. The lowest BCUT2D eigenvalue weighted by Gasteiger charge is -2.23. The van der Waals surface area contributed by atoms with Gasteiger partial charge in [0.25, 0.3) is 0 Å². The van der Waals surface area contributed by atoms with Gasteiger partial charge < -0.3 is 9.64 Å².